The number of Topliss-reactive ketones (excluding diaryl/α,β-unsaturated/α-hetero) is 2. The van der Waals surface area contributed by atoms with E-state index in [0.717, 1.165) is 22.3 Å². The number of hydrogen-bond donors (Lipinski definition) is 0. The lowest BCUT2D eigenvalue weighted by Crippen LogP contribution is -2.07. The molecule has 0 saturated heterocycles. The molecule has 0 heterocycles. The molecule has 86 valence electrons. The third-order valence-electron chi connectivity index (χ3n) is 4.05. The molecule has 0 aromatic rings. The number of carbonyl (C=O) groups excluding carboxylic acids is 2. The van der Waals surface area contributed by atoms with Gasteiger partial charge in [0.05, 0.1) is 0 Å². The second-order valence-corrected chi connectivity index (χ2v) is 4.87. The van der Waals surface area contributed by atoms with Crippen LogP contribution in [0.3, 0.4) is 0 Å². The first-order chi connectivity index (χ1) is 8.79. The molecule has 2 nitrogen and oxygen atoms in total. The Balaban J connectivity index is 2.08. The van der Waals surface area contributed by atoms with Gasteiger partial charge < -0.3 is 0 Å². The fraction of sp³-hybridized carbons (Fsp3) is 0.125. The van der Waals surface area contributed by atoms with Gasteiger partial charge in [-0.15, -0.1) is 0 Å². The summed E-state index contributed by atoms with van der Waals surface area (Å²) in [6.45, 7) is 0. The molecule has 2 saturated carbocycles. The SMILES string of the molecule is O=C1C2=CC=CC=C3C(=O)C4=CC=CC=C1C4C23. The van der Waals surface area contributed by atoms with Crippen molar-refractivity contribution in [2.24, 2.45) is 11.8 Å². The zero-order chi connectivity index (χ0) is 12.3. The molecule has 0 spiro atoms. The molecule has 0 aromatic heterocycles. The van der Waals surface area contributed by atoms with Gasteiger partial charge in [0.2, 0.25) is 0 Å². The molecule has 0 amide bonds. The van der Waals surface area contributed by atoms with Crippen LogP contribution in [-0.4, -0.2) is 11.6 Å². The number of allylic oxidation sites excluding steroid dienone is 12. The molecule has 0 aliphatic heterocycles. The second-order valence-electron chi connectivity index (χ2n) is 4.87. The van der Waals surface area contributed by atoms with Gasteiger partial charge >= 0.3 is 0 Å². The largest absolute Gasteiger partial charge is 0.289 e. The van der Waals surface area contributed by atoms with E-state index >= 15 is 0 Å². The Kier molecular flexibility index (Phi) is 1.72. The molecule has 4 aliphatic rings. The fourth-order valence-electron chi connectivity index (χ4n) is 3.31. The first kappa shape index (κ1) is 9.77. The Hall–Kier alpha value is -2.22. The Morgan fingerprint density at radius 2 is 0.833 bits per heavy atom. The Morgan fingerprint density at radius 1 is 0.556 bits per heavy atom. The minimum Gasteiger partial charge on any atom is -0.289 e. The van der Waals surface area contributed by atoms with Crippen molar-refractivity contribution in [2.45, 2.75) is 0 Å². The minimum atomic E-state index is -0.0580. The van der Waals surface area contributed by atoms with E-state index in [2.05, 4.69) is 0 Å². The predicted octanol–water partition coefficient (Wildman–Crippen LogP) is 2.23. The van der Waals surface area contributed by atoms with Crippen molar-refractivity contribution in [3.63, 3.8) is 0 Å². The predicted molar refractivity (Wildman–Crippen MR) is 67.6 cm³/mol. The molecule has 0 N–H and O–H groups in total. The van der Waals surface area contributed by atoms with Crippen LogP contribution in [0.5, 0.6) is 0 Å². The molecule has 2 heteroatoms. The average molecular weight is 234 g/mol. The molecule has 4 aliphatic carbocycles. The molecule has 0 bridgehead atoms. The quantitative estimate of drug-likeness (QED) is 0.644. The van der Waals surface area contributed by atoms with Crippen molar-refractivity contribution in [3.8, 4) is 0 Å². The summed E-state index contributed by atoms with van der Waals surface area (Å²) in [7, 11) is 0. The third kappa shape index (κ3) is 0.986. The smallest absolute Gasteiger partial charge is 0.186 e. The molecule has 18 heavy (non-hydrogen) atoms. The summed E-state index contributed by atoms with van der Waals surface area (Å²) >= 11 is 0. The maximum absolute atomic E-state index is 12.4. The maximum Gasteiger partial charge on any atom is 0.186 e. The van der Waals surface area contributed by atoms with E-state index in [1.165, 1.54) is 0 Å². The fourth-order valence-corrected chi connectivity index (χ4v) is 3.31. The molecule has 0 unspecified atom stereocenters. The van der Waals surface area contributed by atoms with Gasteiger partial charge in [0.25, 0.3) is 0 Å². The lowest BCUT2D eigenvalue weighted by molar-refractivity contribution is -0.112. The van der Waals surface area contributed by atoms with Gasteiger partial charge in [-0.25, -0.2) is 0 Å². The molecule has 4 rings (SSSR count). The van der Waals surface area contributed by atoms with Crippen molar-refractivity contribution >= 4 is 11.6 Å². The first-order valence-corrected chi connectivity index (χ1v) is 6.05. The van der Waals surface area contributed by atoms with Crippen molar-refractivity contribution in [3.05, 3.63) is 70.9 Å². The Bertz CT molecular complexity index is 566. The lowest BCUT2D eigenvalue weighted by Gasteiger charge is -2.09. The molecule has 0 aromatic carbocycles. The summed E-state index contributed by atoms with van der Waals surface area (Å²) in [6.07, 6.45) is 14.8. The van der Waals surface area contributed by atoms with Crippen LogP contribution in [0.25, 0.3) is 0 Å². The first-order valence-electron chi connectivity index (χ1n) is 6.05. The second kappa shape index (κ2) is 3.16. The van der Waals surface area contributed by atoms with E-state index in [4.69, 9.17) is 0 Å². The van der Waals surface area contributed by atoms with Gasteiger partial charge in [-0.05, 0) is 0 Å². The Labute approximate surface area is 104 Å². The molecular weight excluding hydrogens is 224 g/mol. The van der Waals surface area contributed by atoms with E-state index in [1.54, 1.807) is 0 Å². The monoisotopic (exact) mass is 234 g/mol. The minimum absolute atomic E-state index is 0.0580. The highest BCUT2D eigenvalue weighted by Crippen LogP contribution is 2.53. The van der Waals surface area contributed by atoms with Crippen LogP contribution in [0.4, 0.5) is 0 Å². The molecule has 0 atom stereocenters. The maximum atomic E-state index is 12.4. The van der Waals surface area contributed by atoms with Gasteiger partial charge in [0.1, 0.15) is 0 Å². The number of hydrogen-bond acceptors (Lipinski definition) is 2. The van der Waals surface area contributed by atoms with E-state index in [0.29, 0.717) is 0 Å². The topological polar surface area (TPSA) is 34.1 Å². The highest BCUT2D eigenvalue weighted by Gasteiger charge is 2.53. The van der Waals surface area contributed by atoms with E-state index < -0.39 is 0 Å². The van der Waals surface area contributed by atoms with Crippen molar-refractivity contribution < 1.29 is 9.59 Å². The van der Waals surface area contributed by atoms with Crippen molar-refractivity contribution in [1.29, 1.82) is 0 Å². The van der Waals surface area contributed by atoms with Gasteiger partial charge in [-0.2, -0.15) is 0 Å². The standard InChI is InChI=1S/C16H10O2/c17-15-9-5-1-2-6-10-13(9)14-11(15)7-3-4-8-12(14)16(10)18/h1-8,13-14H. The molecule has 2 fully saturated rings. The lowest BCUT2D eigenvalue weighted by atomic mass is 9.91. The number of ketones is 2. The van der Waals surface area contributed by atoms with Gasteiger partial charge in [-0.3, -0.25) is 9.59 Å². The van der Waals surface area contributed by atoms with Gasteiger partial charge in [0, 0.05) is 34.1 Å². The number of rotatable bonds is 0. The highest BCUT2D eigenvalue weighted by molar-refractivity contribution is 6.23. The summed E-state index contributed by atoms with van der Waals surface area (Å²) < 4.78 is 0. The van der Waals surface area contributed by atoms with Crippen LogP contribution in [0.2, 0.25) is 0 Å². The summed E-state index contributed by atoms with van der Waals surface area (Å²) in [5.74, 6) is 0.0644. The summed E-state index contributed by atoms with van der Waals surface area (Å²) in [5.41, 5.74) is 3.05. The van der Waals surface area contributed by atoms with Crippen LogP contribution in [0.1, 0.15) is 0 Å². The zero-order valence-corrected chi connectivity index (χ0v) is 9.59. The van der Waals surface area contributed by atoms with Crippen LogP contribution < -0.4 is 0 Å². The van der Waals surface area contributed by atoms with Gasteiger partial charge in [-0.1, -0.05) is 48.6 Å². The molecule has 0 radical (unpaired) electrons. The third-order valence-corrected chi connectivity index (χ3v) is 4.05. The van der Waals surface area contributed by atoms with E-state index in [9.17, 15) is 9.59 Å². The molecular formula is C16H10O2. The van der Waals surface area contributed by atoms with Crippen molar-refractivity contribution in [1.82, 2.24) is 0 Å². The van der Waals surface area contributed by atoms with Crippen LogP contribution >= 0.6 is 0 Å². The average Bonchev–Trinajstić information content (AvgIpc) is 2.68. The van der Waals surface area contributed by atoms with E-state index in [1.807, 2.05) is 48.6 Å². The highest BCUT2D eigenvalue weighted by atomic mass is 16.1. The summed E-state index contributed by atoms with van der Waals surface area (Å²) in [4.78, 5) is 24.8. The van der Waals surface area contributed by atoms with Crippen LogP contribution in [0, 0.1) is 11.8 Å². The van der Waals surface area contributed by atoms with E-state index in [-0.39, 0.29) is 23.4 Å². The summed E-state index contributed by atoms with van der Waals surface area (Å²) in [6, 6.07) is 0. The van der Waals surface area contributed by atoms with Crippen molar-refractivity contribution in [2.75, 3.05) is 0 Å². The van der Waals surface area contributed by atoms with Crippen LogP contribution in [0.15, 0.2) is 70.9 Å². The van der Waals surface area contributed by atoms with Gasteiger partial charge in [0.15, 0.2) is 11.6 Å². The Morgan fingerprint density at radius 3 is 1.11 bits per heavy atom. The summed E-state index contributed by atoms with van der Waals surface area (Å²) in [5, 5.41) is 0. The number of carbonyl (C=O) groups is 2. The normalized spacial score (nSPS) is 31.3. The zero-order valence-electron chi connectivity index (χ0n) is 9.59. The van der Waals surface area contributed by atoms with Crippen LogP contribution in [-0.2, 0) is 9.59 Å².